The number of hydrogen-bond donors (Lipinski definition) is 1. The average molecular weight is 508 g/mol. The van der Waals surface area contributed by atoms with Crippen molar-refractivity contribution in [1.29, 1.82) is 0 Å². The van der Waals surface area contributed by atoms with Crippen LogP contribution in [0.5, 0.6) is 5.75 Å². The lowest BCUT2D eigenvalue weighted by Crippen LogP contribution is -2.63. The molecule has 5 rings (SSSR count). The lowest BCUT2D eigenvalue weighted by atomic mass is 9.71. The molecule has 3 aliphatic rings. The van der Waals surface area contributed by atoms with Crippen LogP contribution < -0.4 is 4.74 Å². The number of hydrogen-bond acceptors (Lipinski definition) is 6. The van der Waals surface area contributed by atoms with Crippen molar-refractivity contribution in [2.75, 3.05) is 26.2 Å². The number of carbonyl (C=O) groups excluding carboxylic acids is 2. The molecule has 0 bridgehead atoms. The first kappa shape index (κ1) is 24.4. The van der Waals surface area contributed by atoms with Gasteiger partial charge in [0.05, 0.1) is 11.4 Å². The number of ether oxygens (including phenoxy) is 2. The number of H-pyrrole nitrogens is 1. The van der Waals surface area contributed by atoms with Gasteiger partial charge in [-0.05, 0) is 37.8 Å². The van der Waals surface area contributed by atoms with Crippen LogP contribution in [0.25, 0.3) is 0 Å². The van der Waals surface area contributed by atoms with E-state index in [9.17, 15) is 22.8 Å². The van der Waals surface area contributed by atoms with Gasteiger partial charge >= 0.3 is 12.2 Å². The van der Waals surface area contributed by atoms with E-state index in [2.05, 4.69) is 20.1 Å². The zero-order chi connectivity index (χ0) is 25.5. The molecular weight excluding hydrogens is 479 g/mol. The summed E-state index contributed by atoms with van der Waals surface area (Å²) in [5, 5.41) is 10.9. The Morgan fingerprint density at radius 2 is 1.89 bits per heavy atom. The van der Waals surface area contributed by atoms with Crippen molar-refractivity contribution in [2.24, 2.45) is 11.3 Å². The first-order chi connectivity index (χ1) is 17.1. The Bertz CT molecular complexity index is 1140. The van der Waals surface area contributed by atoms with Crippen molar-refractivity contribution in [3.05, 3.63) is 41.0 Å². The van der Waals surface area contributed by atoms with E-state index in [1.165, 1.54) is 12.1 Å². The molecule has 9 nitrogen and oxygen atoms in total. The van der Waals surface area contributed by atoms with Crippen LogP contribution in [0.1, 0.15) is 43.1 Å². The van der Waals surface area contributed by atoms with E-state index in [0.29, 0.717) is 39.5 Å². The Hall–Kier alpha value is -3.31. The van der Waals surface area contributed by atoms with Gasteiger partial charge in [0.1, 0.15) is 18.2 Å². The number of carbonyl (C=O) groups is 2. The number of likely N-dealkylation sites (tertiary alicyclic amines) is 2. The van der Waals surface area contributed by atoms with Crippen molar-refractivity contribution in [3.8, 4) is 5.75 Å². The number of rotatable bonds is 5. The number of aromatic nitrogens is 3. The molecule has 12 heteroatoms. The van der Waals surface area contributed by atoms with E-state index in [0.717, 1.165) is 43.1 Å². The van der Waals surface area contributed by atoms with Gasteiger partial charge in [-0.1, -0.05) is 0 Å². The summed E-state index contributed by atoms with van der Waals surface area (Å²) in [5.74, 6) is -0.998. The fourth-order valence-electron chi connectivity index (χ4n) is 5.30. The second kappa shape index (κ2) is 9.29. The summed E-state index contributed by atoms with van der Waals surface area (Å²) < 4.78 is 49.6. The van der Waals surface area contributed by atoms with Crippen LogP contribution in [-0.2, 0) is 29.0 Å². The maximum atomic E-state index is 14.2. The van der Waals surface area contributed by atoms with Crippen LogP contribution in [-0.4, -0.2) is 69.5 Å². The molecule has 2 fully saturated rings. The fraction of sp³-hybridized carbons (Fsp3) is 0.583. The monoisotopic (exact) mass is 507 g/mol. The zero-order valence-corrected chi connectivity index (χ0v) is 19.9. The summed E-state index contributed by atoms with van der Waals surface area (Å²) >= 11 is 0. The van der Waals surface area contributed by atoms with Crippen molar-refractivity contribution >= 4 is 12.0 Å². The number of aromatic amines is 1. The van der Waals surface area contributed by atoms with E-state index in [1.54, 1.807) is 4.90 Å². The number of fused-ring (bicyclic) bond motifs is 1. The molecule has 194 valence electrons. The Kier molecular flexibility index (Phi) is 6.29. The lowest BCUT2D eigenvalue weighted by Gasteiger charge is -2.54. The molecule has 0 saturated carbocycles. The van der Waals surface area contributed by atoms with Gasteiger partial charge in [0.2, 0.25) is 5.91 Å². The van der Waals surface area contributed by atoms with E-state index >= 15 is 0 Å². The van der Waals surface area contributed by atoms with Gasteiger partial charge in [-0.3, -0.25) is 4.79 Å². The van der Waals surface area contributed by atoms with Crippen LogP contribution in [0.3, 0.4) is 0 Å². The molecule has 0 radical (unpaired) electrons. The first-order valence-electron chi connectivity index (χ1n) is 12.1. The molecule has 1 aromatic carbocycles. The predicted molar refractivity (Wildman–Crippen MR) is 120 cm³/mol. The van der Waals surface area contributed by atoms with Crippen LogP contribution >= 0.6 is 0 Å². The largest absolute Gasteiger partial charge is 0.444 e. The summed E-state index contributed by atoms with van der Waals surface area (Å²) in [6.07, 6.45) is -0.297. The highest BCUT2D eigenvalue weighted by Crippen LogP contribution is 2.42. The third-order valence-corrected chi connectivity index (χ3v) is 7.34. The third kappa shape index (κ3) is 5.12. The summed E-state index contributed by atoms with van der Waals surface area (Å²) in [6.45, 7) is 2.61. The van der Waals surface area contributed by atoms with E-state index in [4.69, 9.17) is 4.74 Å². The highest BCUT2D eigenvalue weighted by molar-refractivity contribution is 5.80. The van der Waals surface area contributed by atoms with Gasteiger partial charge in [-0.2, -0.15) is 24.2 Å². The highest BCUT2D eigenvalue weighted by atomic mass is 19.3. The number of nitrogens with one attached hydrogen (secondary N) is 1. The maximum Gasteiger partial charge on any atom is 0.410 e. The van der Waals surface area contributed by atoms with E-state index < -0.39 is 18.0 Å². The summed E-state index contributed by atoms with van der Waals surface area (Å²) in [7, 11) is 0. The number of halogens is 3. The second-order valence-electron chi connectivity index (χ2n) is 10.1. The number of benzene rings is 1. The van der Waals surface area contributed by atoms with Gasteiger partial charge < -0.3 is 19.3 Å². The van der Waals surface area contributed by atoms with Crippen molar-refractivity contribution in [3.63, 3.8) is 0 Å². The first-order valence-corrected chi connectivity index (χ1v) is 12.1. The van der Waals surface area contributed by atoms with Crippen LogP contribution in [0.2, 0.25) is 0 Å². The predicted octanol–water partition coefficient (Wildman–Crippen LogP) is 3.30. The van der Waals surface area contributed by atoms with E-state index in [-0.39, 0.29) is 35.2 Å². The molecule has 2 amide bonds. The maximum absolute atomic E-state index is 14.2. The fourth-order valence-corrected chi connectivity index (χ4v) is 5.30. The van der Waals surface area contributed by atoms with Crippen molar-refractivity contribution in [2.45, 2.75) is 51.7 Å². The summed E-state index contributed by atoms with van der Waals surface area (Å²) in [5.41, 5.74) is 1.92. The molecular formula is C24H28F3N5O4. The molecule has 2 aliphatic heterocycles. The minimum atomic E-state index is -3.42. The Balaban J connectivity index is 1.06. The normalized spacial score (nSPS) is 21.1. The quantitative estimate of drug-likeness (QED) is 0.667. The molecule has 1 atom stereocenters. The molecule has 1 spiro atoms. The van der Waals surface area contributed by atoms with Crippen molar-refractivity contribution in [1.82, 2.24) is 25.2 Å². The summed E-state index contributed by atoms with van der Waals surface area (Å²) in [4.78, 5) is 28.9. The van der Waals surface area contributed by atoms with Gasteiger partial charge in [-0.25, -0.2) is 9.18 Å². The Morgan fingerprint density at radius 1 is 1.17 bits per heavy atom. The smallest absolute Gasteiger partial charge is 0.410 e. The average Bonchev–Trinajstić information content (AvgIpc) is 3.28. The molecule has 1 N–H and O–H groups in total. The Labute approximate surface area is 205 Å². The molecule has 3 heterocycles. The number of amides is 2. The minimum Gasteiger partial charge on any atom is -0.444 e. The van der Waals surface area contributed by atoms with Gasteiger partial charge in [0.15, 0.2) is 0 Å². The molecule has 36 heavy (non-hydrogen) atoms. The SMILES string of the molecule is CC(F)(F)Oc1ccc(COC(=O)N2CCC3(CC2)CN(C(=O)[C@H]2CCc4n[nH]nc4C2)C3)c(F)c1. The standard InChI is InChI=1S/C24H28F3N5O4/c1-23(26,27)36-17-4-2-16(18(25)11-17)12-35-22(34)31-8-6-24(7-9-31)13-32(14-24)21(33)15-3-5-19-20(10-15)29-30-28-19/h2,4,11,15H,3,5-10,12-14H2,1H3,(H,28,29,30)/t15-/m0/s1. The molecule has 1 aliphatic carbocycles. The summed E-state index contributed by atoms with van der Waals surface area (Å²) in [6, 6.07) is 3.30. The Morgan fingerprint density at radius 3 is 2.58 bits per heavy atom. The molecule has 0 unspecified atom stereocenters. The van der Waals surface area contributed by atoms with Crippen LogP contribution in [0.15, 0.2) is 18.2 Å². The van der Waals surface area contributed by atoms with Gasteiger partial charge in [0.25, 0.3) is 0 Å². The van der Waals surface area contributed by atoms with E-state index in [1.807, 2.05) is 4.90 Å². The number of aryl methyl sites for hydroxylation is 1. The third-order valence-electron chi connectivity index (χ3n) is 7.34. The van der Waals surface area contributed by atoms with Gasteiger partial charge in [0, 0.05) is 62.5 Å². The van der Waals surface area contributed by atoms with Gasteiger partial charge in [-0.15, -0.1) is 0 Å². The zero-order valence-electron chi connectivity index (χ0n) is 19.9. The second-order valence-corrected chi connectivity index (χ2v) is 10.1. The number of nitrogens with zero attached hydrogens (tertiary/aromatic N) is 4. The highest BCUT2D eigenvalue weighted by Gasteiger charge is 2.48. The van der Waals surface area contributed by atoms with Crippen LogP contribution in [0, 0.1) is 17.2 Å². The minimum absolute atomic E-state index is 0.0173. The van der Waals surface area contributed by atoms with Crippen LogP contribution in [0.4, 0.5) is 18.0 Å². The molecule has 2 saturated heterocycles. The molecule has 2 aromatic rings. The topological polar surface area (TPSA) is 101 Å². The number of piperidine rings is 1. The molecule has 1 aromatic heterocycles. The lowest BCUT2D eigenvalue weighted by molar-refractivity contribution is -0.159. The number of alkyl halides is 2. The van der Waals surface area contributed by atoms with Crippen molar-refractivity contribution < 1.29 is 32.2 Å².